The van der Waals surface area contributed by atoms with E-state index in [1.165, 1.54) is 27.7 Å². The molecule has 0 aliphatic rings. The molecule has 0 aromatic heterocycles. The lowest BCUT2D eigenvalue weighted by molar-refractivity contribution is -0.184. The van der Waals surface area contributed by atoms with Crippen molar-refractivity contribution in [1.29, 1.82) is 0 Å². The van der Waals surface area contributed by atoms with Crippen molar-refractivity contribution in [3.63, 3.8) is 0 Å². The van der Waals surface area contributed by atoms with Crippen LogP contribution in [0.1, 0.15) is 41.5 Å². The first-order chi connectivity index (χ1) is 12.0. The number of hydrogen-bond donors (Lipinski definition) is 0. The van der Waals surface area contributed by atoms with Crippen LogP contribution in [0.25, 0.3) is 0 Å². The van der Waals surface area contributed by atoms with Crippen LogP contribution in [0.3, 0.4) is 0 Å². The van der Waals surface area contributed by atoms with Gasteiger partial charge < -0.3 is 23.7 Å². The van der Waals surface area contributed by atoms with E-state index in [1.807, 2.05) is 0 Å². The molecule has 0 rings (SSSR count). The molecule has 0 saturated heterocycles. The van der Waals surface area contributed by atoms with E-state index >= 15 is 0 Å². The molecule has 0 bridgehead atoms. The molecule has 0 unspecified atom stereocenters. The summed E-state index contributed by atoms with van der Waals surface area (Å²) < 4.78 is 23.7. The molecule has 0 amide bonds. The average molecular weight is 376 g/mol. The van der Waals surface area contributed by atoms with Gasteiger partial charge in [-0.15, -0.1) is 0 Å². The number of carbonyl (C=O) groups excluding carboxylic acids is 5. The lowest BCUT2D eigenvalue weighted by atomic mass is 10.3. The smallest absolute Gasteiger partial charge is 0.347 e. The lowest BCUT2D eigenvalue weighted by Crippen LogP contribution is -2.37. The van der Waals surface area contributed by atoms with Gasteiger partial charge in [0.15, 0.2) is 24.4 Å². The first-order valence-corrected chi connectivity index (χ1v) is 7.94. The van der Waals surface area contributed by atoms with Crippen molar-refractivity contribution < 1.29 is 47.7 Å². The molecule has 0 aliphatic carbocycles. The van der Waals surface area contributed by atoms with Gasteiger partial charge in [0.2, 0.25) is 0 Å². The SMILES string of the molecule is CCOC(=O)[C@@H](C)OC(=O)[C@H](C)OC(=O)[C@@H](C)OC(=O)[C@@H](C)OC(C)=O. The lowest BCUT2D eigenvalue weighted by Gasteiger charge is -2.19. The molecular formula is C16H24O10. The highest BCUT2D eigenvalue weighted by Crippen LogP contribution is 2.06. The van der Waals surface area contributed by atoms with E-state index in [-0.39, 0.29) is 6.61 Å². The molecule has 0 saturated carbocycles. The van der Waals surface area contributed by atoms with Gasteiger partial charge in [0, 0.05) is 6.92 Å². The van der Waals surface area contributed by atoms with Crippen molar-refractivity contribution in [2.75, 3.05) is 6.61 Å². The minimum absolute atomic E-state index is 0.125. The zero-order chi connectivity index (χ0) is 20.4. The molecule has 0 spiro atoms. The Morgan fingerprint density at radius 1 is 0.615 bits per heavy atom. The molecule has 26 heavy (non-hydrogen) atoms. The predicted octanol–water partition coefficient (Wildman–Crippen LogP) is 0.296. The Morgan fingerprint density at radius 2 is 0.923 bits per heavy atom. The molecule has 148 valence electrons. The van der Waals surface area contributed by atoms with E-state index in [9.17, 15) is 24.0 Å². The summed E-state index contributed by atoms with van der Waals surface area (Å²) in [5.74, 6) is -4.35. The molecule has 0 heterocycles. The van der Waals surface area contributed by atoms with Gasteiger partial charge >= 0.3 is 29.8 Å². The normalized spacial score (nSPS) is 14.8. The first-order valence-electron chi connectivity index (χ1n) is 7.94. The summed E-state index contributed by atoms with van der Waals surface area (Å²) in [5, 5.41) is 0. The minimum Gasteiger partial charge on any atom is -0.463 e. The summed E-state index contributed by atoms with van der Waals surface area (Å²) >= 11 is 0. The van der Waals surface area contributed by atoms with Crippen molar-refractivity contribution in [1.82, 2.24) is 0 Å². The Hall–Kier alpha value is -2.65. The van der Waals surface area contributed by atoms with Gasteiger partial charge in [-0.05, 0) is 34.6 Å². The van der Waals surface area contributed by atoms with Crippen molar-refractivity contribution in [2.24, 2.45) is 0 Å². The Labute approximate surface area is 151 Å². The van der Waals surface area contributed by atoms with Gasteiger partial charge in [-0.2, -0.15) is 0 Å². The topological polar surface area (TPSA) is 132 Å². The van der Waals surface area contributed by atoms with Crippen LogP contribution in [0.15, 0.2) is 0 Å². The molecule has 0 fully saturated rings. The molecule has 0 radical (unpaired) electrons. The Morgan fingerprint density at radius 3 is 1.23 bits per heavy atom. The third-order valence-corrected chi connectivity index (χ3v) is 2.84. The highest BCUT2D eigenvalue weighted by atomic mass is 16.6. The van der Waals surface area contributed by atoms with Gasteiger partial charge in [-0.3, -0.25) is 4.79 Å². The number of carbonyl (C=O) groups is 5. The standard InChI is InChI=1S/C16H24O10/c1-7-22-13(18)8(2)24-15(20)10(4)26-16(21)11(5)25-14(19)9(3)23-12(6)17/h8-11H,7H2,1-6H3/t8-,9-,10+,11-/m1/s1. The molecule has 0 aliphatic heterocycles. The summed E-state index contributed by atoms with van der Waals surface area (Å²) in [5.41, 5.74) is 0. The third kappa shape index (κ3) is 8.45. The summed E-state index contributed by atoms with van der Waals surface area (Å²) in [6.07, 6.45) is -5.05. The molecule has 0 aromatic rings. The van der Waals surface area contributed by atoms with Crippen LogP contribution in [0.5, 0.6) is 0 Å². The number of hydrogen-bond acceptors (Lipinski definition) is 10. The van der Waals surface area contributed by atoms with E-state index in [2.05, 4.69) is 9.47 Å². The van der Waals surface area contributed by atoms with Crippen molar-refractivity contribution in [2.45, 2.75) is 66.0 Å². The van der Waals surface area contributed by atoms with Crippen LogP contribution < -0.4 is 0 Å². The van der Waals surface area contributed by atoms with Crippen LogP contribution in [-0.4, -0.2) is 60.9 Å². The van der Waals surface area contributed by atoms with Crippen LogP contribution >= 0.6 is 0 Å². The van der Waals surface area contributed by atoms with Crippen LogP contribution in [0.4, 0.5) is 0 Å². The quantitative estimate of drug-likeness (QED) is 0.409. The van der Waals surface area contributed by atoms with Crippen LogP contribution in [0.2, 0.25) is 0 Å². The molecule has 10 heteroatoms. The maximum absolute atomic E-state index is 11.9. The fourth-order valence-corrected chi connectivity index (χ4v) is 1.51. The fraction of sp³-hybridized carbons (Fsp3) is 0.688. The summed E-state index contributed by atoms with van der Waals surface area (Å²) in [7, 11) is 0. The number of esters is 5. The average Bonchev–Trinajstić information content (AvgIpc) is 2.53. The van der Waals surface area contributed by atoms with Gasteiger partial charge in [0.1, 0.15) is 0 Å². The van der Waals surface area contributed by atoms with E-state index in [0.717, 1.165) is 6.92 Å². The number of rotatable bonds is 9. The minimum atomic E-state index is -1.35. The second-order valence-electron chi connectivity index (χ2n) is 5.24. The highest BCUT2D eigenvalue weighted by molar-refractivity contribution is 5.85. The van der Waals surface area contributed by atoms with E-state index < -0.39 is 54.3 Å². The Bertz CT molecular complexity index is 541. The summed E-state index contributed by atoms with van der Waals surface area (Å²) in [6.45, 7) is 7.88. The van der Waals surface area contributed by atoms with Gasteiger partial charge in [0.05, 0.1) is 6.61 Å². The van der Waals surface area contributed by atoms with E-state index in [0.29, 0.717) is 0 Å². The van der Waals surface area contributed by atoms with Crippen molar-refractivity contribution in [3.8, 4) is 0 Å². The maximum Gasteiger partial charge on any atom is 0.347 e. The molecular weight excluding hydrogens is 352 g/mol. The second-order valence-corrected chi connectivity index (χ2v) is 5.24. The Balaban J connectivity index is 4.51. The van der Waals surface area contributed by atoms with Gasteiger partial charge in [0.25, 0.3) is 0 Å². The van der Waals surface area contributed by atoms with Crippen molar-refractivity contribution in [3.05, 3.63) is 0 Å². The van der Waals surface area contributed by atoms with Gasteiger partial charge in [-0.1, -0.05) is 0 Å². The Kier molecular flexibility index (Phi) is 9.93. The summed E-state index contributed by atoms with van der Waals surface area (Å²) in [6, 6.07) is 0. The molecule has 0 N–H and O–H groups in total. The first kappa shape index (κ1) is 23.4. The third-order valence-electron chi connectivity index (χ3n) is 2.84. The van der Waals surface area contributed by atoms with Crippen LogP contribution in [-0.2, 0) is 47.7 Å². The largest absolute Gasteiger partial charge is 0.463 e. The number of ether oxygens (including phenoxy) is 5. The monoisotopic (exact) mass is 376 g/mol. The summed E-state index contributed by atoms with van der Waals surface area (Å²) in [4.78, 5) is 57.5. The van der Waals surface area contributed by atoms with Gasteiger partial charge in [-0.25, -0.2) is 19.2 Å². The van der Waals surface area contributed by atoms with E-state index in [1.54, 1.807) is 6.92 Å². The molecule has 10 nitrogen and oxygen atoms in total. The molecule has 0 aromatic carbocycles. The second kappa shape index (κ2) is 11.1. The van der Waals surface area contributed by atoms with Crippen molar-refractivity contribution >= 4 is 29.8 Å². The predicted molar refractivity (Wildman–Crippen MR) is 84.5 cm³/mol. The maximum atomic E-state index is 11.9. The zero-order valence-electron chi connectivity index (χ0n) is 15.6. The van der Waals surface area contributed by atoms with Crippen LogP contribution in [0, 0.1) is 0 Å². The zero-order valence-corrected chi connectivity index (χ0v) is 15.6. The highest BCUT2D eigenvalue weighted by Gasteiger charge is 2.29. The molecule has 4 atom stereocenters. The van der Waals surface area contributed by atoms with E-state index in [4.69, 9.17) is 14.2 Å². The fourth-order valence-electron chi connectivity index (χ4n) is 1.51.